The first kappa shape index (κ1) is 27.1. The molecule has 3 aromatic rings. The number of pyridine rings is 2. The lowest BCUT2D eigenvalue weighted by molar-refractivity contribution is -0.189. The summed E-state index contributed by atoms with van der Waals surface area (Å²) in [4.78, 5) is 44.8. The Hall–Kier alpha value is -3.50. The summed E-state index contributed by atoms with van der Waals surface area (Å²) in [5, 5.41) is 12.4. The van der Waals surface area contributed by atoms with Crippen LogP contribution in [0, 0.1) is 0 Å². The van der Waals surface area contributed by atoms with Crippen LogP contribution < -0.4 is 16.5 Å². The zero-order valence-electron chi connectivity index (χ0n) is 23.1. The highest BCUT2D eigenvalue weighted by molar-refractivity contribution is 6.92. The Bertz CT molecular complexity index is 1580. The first-order chi connectivity index (χ1) is 18.5. The number of nitrogens with two attached hydrogens (primary N) is 1. The Morgan fingerprint density at radius 3 is 2.67 bits per heavy atom. The van der Waals surface area contributed by atoms with Crippen LogP contribution in [0.2, 0.25) is 18.6 Å². The molecule has 10 heteroatoms. The summed E-state index contributed by atoms with van der Waals surface area (Å²) in [7, 11) is -2.09. The molecule has 1 aromatic carbocycles. The third-order valence-corrected chi connectivity index (χ3v) is 13.3. The van der Waals surface area contributed by atoms with Crippen LogP contribution in [0.1, 0.15) is 56.7 Å². The van der Waals surface area contributed by atoms with E-state index in [0.717, 1.165) is 21.7 Å². The van der Waals surface area contributed by atoms with Gasteiger partial charge in [0.1, 0.15) is 12.4 Å². The van der Waals surface area contributed by atoms with Crippen molar-refractivity contribution in [3.63, 3.8) is 0 Å². The predicted molar refractivity (Wildman–Crippen MR) is 151 cm³/mol. The zero-order valence-corrected chi connectivity index (χ0v) is 24.1. The molecule has 0 fully saturated rings. The molecule has 0 spiro atoms. The monoisotopic (exact) mass is 549 g/mol. The molecule has 9 nitrogen and oxygen atoms in total. The van der Waals surface area contributed by atoms with Crippen molar-refractivity contribution in [3.05, 3.63) is 51.3 Å². The lowest BCUT2D eigenvalue weighted by atomic mass is 9.85. The molecule has 2 aliphatic heterocycles. The van der Waals surface area contributed by atoms with Crippen molar-refractivity contribution in [2.45, 2.75) is 77.4 Å². The molecule has 1 atom stereocenters. The molecule has 39 heavy (non-hydrogen) atoms. The van der Waals surface area contributed by atoms with E-state index in [9.17, 15) is 19.5 Å². The molecular weight excluding hydrogens is 514 g/mol. The summed E-state index contributed by atoms with van der Waals surface area (Å²) in [5.41, 5.74) is 7.58. The number of ether oxygens (including phenoxy) is 2. The first-order valence-corrected chi connectivity index (χ1v) is 16.6. The lowest BCUT2D eigenvalue weighted by Gasteiger charge is -2.35. The molecule has 0 saturated heterocycles. The van der Waals surface area contributed by atoms with Gasteiger partial charge in [0.25, 0.3) is 5.56 Å². The number of fused-ring (bicyclic) bond motifs is 5. The third-order valence-electron chi connectivity index (χ3n) is 8.60. The van der Waals surface area contributed by atoms with Crippen molar-refractivity contribution >= 4 is 36.1 Å². The maximum atomic E-state index is 13.9. The fourth-order valence-corrected chi connectivity index (χ4v) is 8.19. The van der Waals surface area contributed by atoms with Gasteiger partial charge in [-0.05, 0) is 59.9 Å². The Morgan fingerprint density at radius 1 is 1.26 bits per heavy atom. The SMILES string of the molecule is CCC1(OC(=O)CCCN)C(=O)OCc2c1cc1n(c2=O)Cc2c-1nc1ccc(O)cc1c2[Si](C)(C)C(C)C. The maximum absolute atomic E-state index is 13.9. The van der Waals surface area contributed by atoms with Gasteiger partial charge in [-0.25, -0.2) is 9.78 Å². The number of carbonyl (C=O) groups excluding carboxylic acids is 2. The van der Waals surface area contributed by atoms with Crippen LogP contribution in [0.5, 0.6) is 5.75 Å². The number of aromatic nitrogens is 2. The van der Waals surface area contributed by atoms with Crippen molar-refractivity contribution in [2.24, 2.45) is 5.73 Å². The molecule has 0 bridgehead atoms. The largest absolute Gasteiger partial charge is 0.508 e. The molecule has 0 saturated carbocycles. The van der Waals surface area contributed by atoms with Crippen LogP contribution in [-0.2, 0) is 37.8 Å². The fraction of sp³-hybridized carbons (Fsp3) is 0.448. The minimum Gasteiger partial charge on any atom is -0.508 e. The number of nitrogens with zero attached hydrogens (tertiary/aromatic N) is 2. The van der Waals surface area contributed by atoms with Gasteiger partial charge >= 0.3 is 11.9 Å². The van der Waals surface area contributed by atoms with Gasteiger partial charge in [-0.1, -0.05) is 33.9 Å². The van der Waals surface area contributed by atoms with Gasteiger partial charge in [0.05, 0.1) is 37.1 Å². The highest BCUT2D eigenvalue weighted by atomic mass is 28.3. The molecule has 5 rings (SSSR count). The van der Waals surface area contributed by atoms with Crippen LogP contribution in [0.3, 0.4) is 0 Å². The summed E-state index contributed by atoms with van der Waals surface area (Å²) in [5.74, 6) is -1.08. The first-order valence-electron chi connectivity index (χ1n) is 13.5. The molecule has 206 valence electrons. The average molecular weight is 550 g/mol. The molecule has 2 aromatic heterocycles. The summed E-state index contributed by atoms with van der Waals surface area (Å²) >= 11 is 0. The van der Waals surface area contributed by atoms with E-state index in [1.807, 2.05) is 0 Å². The number of cyclic esters (lactones) is 1. The van der Waals surface area contributed by atoms with E-state index in [0.29, 0.717) is 47.6 Å². The molecular formula is C29H35N3O6Si. The number of carbonyl (C=O) groups is 2. The summed E-state index contributed by atoms with van der Waals surface area (Å²) < 4.78 is 12.9. The fourth-order valence-electron chi connectivity index (χ4n) is 5.74. The van der Waals surface area contributed by atoms with Gasteiger partial charge in [-0.15, -0.1) is 0 Å². The summed E-state index contributed by atoms with van der Waals surface area (Å²) in [6, 6.07) is 6.96. The quantitative estimate of drug-likeness (QED) is 0.265. The van der Waals surface area contributed by atoms with Crippen LogP contribution in [0.15, 0.2) is 29.1 Å². The van der Waals surface area contributed by atoms with Crippen molar-refractivity contribution in [1.82, 2.24) is 9.55 Å². The Labute approximate surface area is 228 Å². The predicted octanol–water partition coefficient (Wildman–Crippen LogP) is 3.40. The van der Waals surface area contributed by atoms with Gasteiger partial charge in [0.15, 0.2) is 0 Å². The molecule has 3 N–H and O–H groups in total. The Balaban J connectivity index is 1.78. The van der Waals surface area contributed by atoms with Gasteiger partial charge < -0.3 is 24.9 Å². The van der Waals surface area contributed by atoms with Crippen molar-refractivity contribution in [3.8, 4) is 17.1 Å². The number of hydrogen-bond acceptors (Lipinski definition) is 8. The Morgan fingerprint density at radius 2 is 2.00 bits per heavy atom. The van der Waals surface area contributed by atoms with E-state index in [2.05, 4.69) is 26.9 Å². The topological polar surface area (TPSA) is 134 Å². The van der Waals surface area contributed by atoms with E-state index >= 15 is 0 Å². The molecule has 0 amide bonds. The highest BCUT2D eigenvalue weighted by Gasteiger charge is 2.50. The van der Waals surface area contributed by atoms with Crippen molar-refractivity contribution < 1.29 is 24.2 Å². The number of aromatic hydroxyl groups is 1. The van der Waals surface area contributed by atoms with E-state index in [4.69, 9.17) is 20.2 Å². The smallest absolute Gasteiger partial charge is 0.355 e. The highest BCUT2D eigenvalue weighted by Crippen LogP contribution is 2.42. The minimum absolute atomic E-state index is 0.0618. The van der Waals surface area contributed by atoms with E-state index in [1.54, 1.807) is 35.8 Å². The summed E-state index contributed by atoms with van der Waals surface area (Å²) in [6.45, 7) is 11.2. The number of phenolic OH excluding ortho intramolecular Hbond substituents is 1. The third kappa shape index (κ3) is 4.08. The molecule has 1 unspecified atom stereocenters. The number of phenols is 1. The molecule has 0 aliphatic carbocycles. The average Bonchev–Trinajstić information content (AvgIpc) is 3.25. The second-order valence-corrected chi connectivity index (χ2v) is 16.4. The van der Waals surface area contributed by atoms with Gasteiger partial charge in [0.2, 0.25) is 5.60 Å². The normalized spacial score (nSPS) is 18.1. The van der Waals surface area contributed by atoms with Crippen molar-refractivity contribution in [1.29, 1.82) is 0 Å². The van der Waals surface area contributed by atoms with Crippen LogP contribution in [-0.4, -0.2) is 41.2 Å². The number of rotatable bonds is 7. The number of esters is 2. The van der Waals surface area contributed by atoms with E-state index in [1.165, 1.54) is 0 Å². The second-order valence-electron chi connectivity index (χ2n) is 11.3. The van der Waals surface area contributed by atoms with Gasteiger partial charge in [-0.3, -0.25) is 9.59 Å². The standard InChI is InChI=1S/C29H35N3O6Si/c1-6-29(38-24(34)8-7-11-30)21-13-23-25-19(14-32(23)27(35)20(21)15-37-28(29)36)26(39(4,5)16(2)3)18-12-17(33)9-10-22(18)31-25/h9-10,12-13,16,33H,6-8,11,14-15,30H2,1-5H3. The maximum Gasteiger partial charge on any atom is 0.355 e. The van der Waals surface area contributed by atoms with E-state index < -0.39 is 25.6 Å². The van der Waals surface area contributed by atoms with E-state index in [-0.39, 0.29) is 30.8 Å². The second kappa shape index (κ2) is 9.60. The van der Waals surface area contributed by atoms with Crippen LogP contribution in [0.4, 0.5) is 0 Å². The van der Waals surface area contributed by atoms with Crippen LogP contribution >= 0.6 is 0 Å². The van der Waals surface area contributed by atoms with Gasteiger partial charge in [-0.2, -0.15) is 0 Å². The van der Waals surface area contributed by atoms with Crippen molar-refractivity contribution in [2.75, 3.05) is 6.54 Å². The van der Waals surface area contributed by atoms with Gasteiger partial charge in [0, 0.05) is 17.4 Å². The van der Waals surface area contributed by atoms with Crippen LogP contribution in [0.25, 0.3) is 22.3 Å². The summed E-state index contributed by atoms with van der Waals surface area (Å²) in [6.07, 6.45) is 0.601. The zero-order chi connectivity index (χ0) is 28.3. The molecule has 4 heterocycles. The Kier molecular flexibility index (Phi) is 6.67. The number of benzene rings is 1. The minimum atomic E-state index is -2.09. The number of hydrogen-bond donors (Lipinski definition) is 2. The molecule has 2 aliphatic rings. The molecule has 0 radical (unpaired) electrons. The lowest BCUT2D eigenvalue weighted by Crippen LogP contribution is -2.47.